The number of amides is 2. The molecule has 12 heteroatoms. The van der Waals surface area contributed by atoms with E-state index >= 15 is 0 Å². The van der Waals surface area contributed by atoms with Gasteiger partial charge in [0.2, 0.25) is 0 Å². The van der Waals surface area contributed by atoms with Gasteiger partial charge in [0, 0.05) is 49.4 Å². The van der Waals surface area contributed by atoms with E-state index in [0.29, 0.717) is 43.3 Å². The first-order valence-electron chi connectivity index (χ1n) is 11.0. The van der Waals surface area contributed by atoms with Gasteiger partial charge in [0.25, 0.3) is 5.91 Å². The van der Waals surface area contributed by atoms with Crippen LogP contribution in [-0.2, 0) is 4.74 Å². The number of fused-ring (bicyclic) bond motifs is 1. The zero-order valence-electron chi connectivity index (χ0n) is 18.3. The Bertz CT molecular complexity index is 1150. The van der Waals surface area contributed by atoms with Gasteiger partial charge in [-0.2, -0.15) is 5.10 Å². The van der Waals surface area contributed by atoms with Crippen LogP contribution < -0.4 is 16.0 Å². The van der Waals surface area contributed by atoms with E-state index in [0.717, 1.165) is 29.9 Å². The van der Waals surface area contributed by atoms with Crippen LogP contribution in [0, 0.1) is 0 Å². The first-order valence-corrected chi connectivity index (χ1v) is 11.9. The van der Waals surface area contributed by atoms with Crippen molar-refractivity contribution in [3.63, 3.8) is 0 Å². The Hall–Kier alpha value is -3.25. The number of ether oxygens (including phenoxy) is 1. The van der Waals surface area contributed by atoms with Crippen LogP contribution in [0.5, 0.6) is 0 Å². The standard InChI is InChI=1S/C21H26N8O3S/c1-32-21(31)25-13-3-6-28(7-4-13)19(30)16-10-17(24-14-2-5-22-11-14)27-18(26-16)15-12-23-29-8-9-33-20(15)29/h8-10,12-14,22H,2-7,11H2,1H3,(H,25,31)(H,24,26,27)/t14-/m0/s1. The molecule has 2 fully saturated rings. The van der Waals surface area contributed by atoms with Gasteiger partial charge in [-0.15, -0.1) is 11.3 Å². The summed E-state index contributed by atoms with van der Waals surface area (Å²) in [6.45, 7) is 2.87. The highest BCUT2D eigenvalue weighted by atomic mass is 32.1. The van der Waals surface area contributed by atoms with Crippen molar-refractivity contribution in [2.24, 2.45) is 0 Å². The van der Waals surface area contributed by atoms with Gasteiger partial charge in [-0.3, -0.25) is 4.79 Å². The van der Waals surface area contributed by atoms with Crippen LogP contribution in [0.25, 0.3) is 16.2 Å². The van der Waals surface area contributed by atoms with Crippen LogP contribution in [0.2, 0.25) is 0 Å². The fourth-order valence-electron chi connectivity index (χ4n) is 4.23. The summed E-state index contributed by atoms with van der Waals surface area (Å²) in [7, 11) is 1.35. The number of carbonyl (C=O) groups excluding carboxylic acids is 2. The Balaban J connectivity index is 1.39. The van der Waals surface area contributed by atoms with E-state index in [-0.39, 0.29) is 18.0 Å². The minimum Gasteiger partial charge on any atom is -0.453 e. The number of nitrogens with one attached hydrogen (secondary N) is 3. The number of alkyl carbamates (subject to hydrolysis) is 1. The summed E-state index contributed by atoms with van der Waals surface area (Å²) in [4.78, 5) is 36.9. The lowest BCUT2D eigenvalue weighted by Gasteiger charge is -2.32. The lowest BCUT2D eigenvalue weighted by molar-refractivity contribution is 0.0698. The van der Waals surface area contributed by atoms with Gasteiger partial charge in [-0.05, 0) is 25.8 Å². The van der Waals surface area contributed by atoms with Crippen molar-refractivity contribution < 1.29 is 14.3 Å². The number of thiazole rings is 1. The molecule has 33 heavy (non-hydrogen) atoms. The van der Waals surface area contributed by atoms with Gasteiger partial charge in [-0.1, -0.05) is 0 Å². The number of nitrogens with zero attached hydrogens (tertiary/aromatic N) is 5. The highest BCUT2D eigenvalue weighted by Crippen LogP contribution is 2.27. The monoisotopic (exact) mass is 470 g/mol. The lowest BCUT2D eigenvalue weighted by atomic mass is 10.0. The molecule has 0 radical (unpaired) electrons. The molecule has 2 amide bonds. The van der Waals surface area contributed by atoms with Crippen LogP contribution in [0.15, 0.2) is 23.8 Å². The molecule has 2 saturated heterocycles. The van der Waals surface area contributed by atoms with Crippen LogP contribution in [-0.4, -0.2) is 81.9 Å². The highest BCUT2D eigenvalue weighted by Gasteiger charge is 2.27. The third-order valence-electron chi connectivity index (χ3n) is 6.02. The van der Waals surface area contributed by atoms with Gasteiger partial charge in [0.05, 0.1) is 18.9 Å². The Kier molecular flexibility index (Phi) is 6.09. The smallest absolute Gasteiger partial charge is 0.407 e. The SMILES string of the molecule is COC(=O)NC1CCN(C(=O)c2cc(N[C@H]3CCNC3)nc(-c3cnn4ccsc34)n2)CC1. The Morgan fingerprint density at radius 3 is 2.82 bits per heavy atom. The molecule has 0 aromatic carbocycles. The minimum absolute atomic E-state index is 0.00548. The second-order valence-electron chi connectivity index (χ2n) is 8.21. The molecule has 0 saturated carbocycles. The number of piperidine rings is 1. The number of likely N-dealkylation sites (tertiary alicyclic amines) is 1. The van der Waals surface area contributed by atoms with Gasteiger partial charge in [0.1, 0.15) is 16.3 Å². The van der Waals surface area contributed by atoms with Gasteiger partial charge in [-0.25, -0.2) is 19.3 Å². The molecule has 2 aliphatic heterocycles. The van der Waals surface area contributed by atoms with Crippen molar-refractivity contribution in [1.29, 1.82) is 0 Å². The van der Waals surface area contributed by atoms with E-state index in [1.54, 1.807) is 33.0 Å². The van der Waals surface area contributed by atoms with Crippen LogP contribution >= 0.6 is 11.3 Å². The Morgan fingerprint density at radius 2 is 2.06 bits per heavy atom. The van der Waals surface area contributed by atoms with Crippen molar-refractivity contribution >= 4 is 34.0 Å². The van der Waals surface area contributed by atoms with Crippen LogP contribution in [0.3, 0.4) is 0 Å². The molecule has 3 aromatic heterocycles. The molecule has 5 rings (SSSR count). The number of anilines is 1. The Morgan fingerprint density at radius 1 is 1.21 bits per heavy atom. The number of hydrogen-bond donors (Lipinski definition) is 3. The topological polar surface area (TPSA) is 126 Å². The second-order valence-corrected chi connectivity index (χ2v) is 9.10. The third kappa shape index (κ3) is 4.62. The number of carbonyl (C=O) groups is 2. The normalized spacial score (nSPS) is 19.1. The molecule has 1 atom stereocenters. The number of rotatable bonds is 5. The molecular formula is C21H26N8O3S. The van der Waals surface area contributed by atoms with Crippen LogP contribution in [0.1, 0.15) is 29.8 Å². The van der Waals surface area contributed by atoms with Crippen molar-refractivity contribution in [2.45, 2.75) is 31.3 Å². The zero-order valence-corrected chi connectivity index (χ0v) is 19.1. The molecule has 11 nitrogen and oxygen atoms in total. The first kappa shape index (κ1) is 21.6. The molecule has 0 spiro atoms. The molecule has 3 N–H and O–H groups in total. The predicted molar refractivity (Wildman–Crippen MR) is 123 cm³/mol. The molecule has 0 aliphatic carbocycles. The van der Waals surface area contributed by atoms with Crippen LogP contribution in [0.4, 0.5) is 10.6 Å². The van der Waals surface area contributed by atoms with E-state index in [2.05, 4.69) is 30.8 Å². The summed E-state index contributed by atoms with van der Waals surface area (Å²) >= 11 is 1.55. The summed E-state index contributed by atoms with van der Waals surface area (Å²) in [5.74, 6) is 0.974. The number of hydrogen-bond acceptors (Lipinski definition) is 9. The van der Waals surface area contributed by atoms with Gasteiger partial charge >= 0.3 is 6.09 Å². The highest BCUT2D eigenvalue weighted by molar-refractivity contribution is 7.16. The van der Waals surface area contributed by atoms with E-state index in [1.165, 1.54) is 7.11 Å². The quantitative estimate of drug-likeness (QED) is 0.513. The molecule has 0 bridgehead atoms. The summed E-state index contributed by atoms with van der Waals surface area (Å²) in [6.07, 6.45) is 5.49. The third-order valence-corrected chi connectivity index (χ3v) is 6.91. The maximum atomic E-state index is 13.4. The van der Waals surface area contributed by atoms with Gasteiger partial charge < -0.3 is 25.6 Å². The maximum absolute atomic E-state index is 13.4. The summed E-state index contributed by atoms with van der Waals surface area (Å²) in [5, 5.41) is 15.9. The number of methoxy groups -OCH3 is 1. The molecular weight excluding hydrogens is 444 g/mol. The van der Waals surface area contributed by atoms with E-state index in [9.17, 15) is 9.59 Å². The summed E-state index contributed by atoms with van der Waals surface area (Å²) in [6, 6.07) is 1.98. The zero-order chi connectivity index (χ0) is 22.8. The first-order chi connectivity index (χ1) is 16.1. The molecule has 3 aromatic rings. The second kappa shape index (κ2) is 9.32. The summed E-state index contributed by atoms with van der Waals surface area (Å²) < 4.78 is 6.46. The fraction of sp³-hybridized carbons (Fsp3) is 0.476. The van der Waals surface area contributed by atoms with Crippen molar-refractivity contribution in [2.75, 3.05) is 38.6 Å². The summed E-state index contributed by atoms with van der Waals surface area (Å²) in [5.41, 5.74) is 1.15. The van der Waals surface area contributed by atoms with E-state index in [4.69, 9.17) is 4.98 Å². The largest absolute Gasteiger partial charge is 0.453 e. The average molecular weight is 471 g/mol. The maximum Gasteiger partial charge on any atom is 0.407 e. The molecule has 0 unspecified atom stereocenters. The predicted octanol–water partition coefficient (Wildman–Crippen LogP) is 1.59. The minimum atomic E-state index is -0.446. The molecule has 5 heterocycles. The number of aromatic nitrogens is 4. The van der Waals surface area contributed by atoms with Crippen molar-refractivity contribution in [3.05, 3.63) is 29.5 Å². The lowest BCUT2D eigenvalue weighted by Crippen LogP contribution is -2.46. The van der Waals surface area contributed by atoms with Crippen molar-refractivity contribution in [3.8, 4) is 11.4 Å². The fourth-order valence-corrected chi connectivity index (χ4v) is 5.03. The van der Waals surface area contributed by atoms with E-state index in [1.807, 2.05) is 11.6 Å². The van der Waals surface area contributed by atoms with Crippen molar-refractivity contribution in [1.82, 2.24) is 35.1 Å². The Labute approximate surface area is 194 Å². The van der Waals surface area contributed by atoms with Gasteiger partial charge in [0.15, 0.2) is 5.82 Å². The molecule has 2 aliphatic rings. The molecule has 174 valence electrons. The average Bonchev–Trinajstić information content (AvgIpc) is 3.58. The van der Waals surface area contributed by atoms with E-state index < -0.39 is 6.09 Å².